The zero-order valence-electron chi connectivity index (χ0n) is 12.0. The van der Waals surface area contributed by atoms with Gasteiger partial charge in [-0.2, -0.15) is 0 Å². The van der Waals surface area contributed by atoms with Gasteiger partial charge in [-0.15, -0.1) is 0 Å². The number of aryl methyl sites for hydroxylation is 1. The number of ether oxygens (including phenoxy) is 1. The molecule has 0 amide bonds. The maximum atomic E-state index is 11.9. The largest absolute Gasteiger partial charge is 0.457 e. The summed E-state index contributed by atoms with van der Waals surface area (Å²) in [5.41, 5.74) is 2.34. The molecular formula is C17H19ClO2. The van der Waals surface area contributed by atoms with Crippen molar-refractivity contribution < 1.29 is 9.53 Å². The van der Waals surface area contributed by atoms with Crippen molar-refractivity contribution in [3.63, 3.8) is 0 Å². The fourth-order valence-corrected chi connectivity index (χ4v) is 1.88. The molecule has 0 radical (unpaired) electrons. The first-order valence-electron chi connectivity index (χ1n) is 6.64. The molecule has 0 saturated carbocycles. The monoisotopic (exact) mass is 290 g/mol. The molecule has 0 unspecified atom stereocenters. The smallest absolute Gasteiger partial charge is 0.338 e. The van der Waals surface area contributed by atoms with E-state index in [9.17, 15) is 4.79 Å². The number of benzene rings is 2. The van der Waals surface area contributed by atoms with Crippen LogP contribution in [0.3, 0.4) is 0 Å². The first-order valence-corrected chi connectivity index (χ1v) is 7.02. The van der Waals surface area contributed by atoms with Crippen molar-refractivity contribution in [2.45, 2.75) is 27.4 Å². The van der Waals surface area contributed by atoms with Crippen LogP contribution in [0.5, 0.6) is 0 Å². The molecule has 0 fully saturated rings. The molecule has 106 valence electrons. The van der Waals surface area contributed by atoms with Crippen LogP contribution in [0.15, 0.2) is 48.5 Å². The Bertz CT molecular complexity index is 550. The SMILES string of the molecule is CC.Cc1cc(Cl)ccc1C(=O)OCc1ccccc1. The van der Waals surface area contributed by atoms with Crippen molar-refractivity contribution in [2.75, 3.05) is 0 Å². The molecule has 2 aromatic carbocycles. The van der Waals surface area contributed by atoms with Crippen molar-refractivity contribution >= 4 is 17.6 Å². The molecule has 0 aliphatic heterocycles. The van der Waals surface area contributed by atoms with Gasteiger partial charge in [-0.3, -0.25) is 0 Å². The minimum Gasteiger partial charge on any atom is -0.457 e. The Morgan fingerprint density at radius 1 is 1.10 bits per heavy atom. The number of rotatable bonds is 3. The predicted molar refractivity (Wildman–Crippen MR) is 83.1 cm³/mol. The maximum absolute atomic E-state index is 11.9. The lowest BCUT2D eigenvalue weighted by molar-refractivity contribution is 0.0472. The fraction of sp³-hybridized carbons (Fsp3) is 0.235. The van der Waals surface area contributed by atoms with Gasteiger partial charge in [0.1, 0.15) is 6.61 Å². The molecule has 0 heterocycles. The molecule has 20 heavy (non-hydrogen) atoms. The van der Waals surface area contributed by atoms with Crippen LogP contribution in [0.2, 0.25) is 5.02 Å². The minimum atomic E-state index is -0.326. The average molecular weight is 291 g/mol. The maximum Gasteiger partial charge on any atom is 0.338 e. The Kier molecular flexibility index (Phi) is 6.82. The van der Waals surface area contributed by atoms with Gasteiger partial charge in [0.15, 0.2) is 0 Å². The van der Waals surface area contributed by atoms with E-state index in [4.69, 9.17) is 16.3 Å². The first kappa shape index (κ1) is 16.3. The lowest BCUT2D eigenvalue weighted by atomic mass is 10.1. The number of esters is 1. The summed E-state index contributed by atoms with van der Waals surface area (Å²) in [6.07, 6.45) is 0. The van der Waals surface area contributed by atoms with Crippen molar-refractivity contribution in [3.05, 3.63) is 70.2 Å². The quantitative estimate of drug-likeness (QED) is 0.741. The fourth-order valence-electron chi connectivity index (χ4n) is 1.66. The summed E-state index contributed by atoms with van der Waals surface area (Å²) >= 11 is 5.84. The van der Waals surface area contributed by atoms with E-state index in [1.54, 1.807) is 18.2 Å². The number of hydrogen-bond acceptors (Lipinski definition) is 2. The van der Waals surface area contributed by atoms with E-state index in [1.165, 1.54) is 0 Å². The Labute approximate surface area is 125 Å². The van der Waals surface area contributed by atoms with Crippen LogP contribution in [0, 0.1) is 6.92 Å². The highest BCUT2D eigenvalue weighted by molar-refractivity contribution is 6.30. The van der Waals surface area contributed by atoms with Crippen LogP contribution in [0.4, 0.5) is 0 Å². The molecule has 2 aromatic rings. The first-order chi connectivity index (χ1) is 9.66. The number of halogens is 1. The van der Waals surface area contributed by atoms with Crippen molar-refractivity contribution in [2.24, 2.45) is 0 Å². The zero-order chi connectivity index (χ0) is 15.0. The molecule has 0 bridgehead atoms. The highest BCUT2D eigenvalue weighted by atomic mass is 35.5. The lowest BCUT2D eigenvalue weighted by Gasteiger charge is -2.07. The summed E-state index contributed by atoms with van der Waals surface area (Å²) in [5, 5.41) is 0.618. The van der Waals surface area contributed by atoms with Crippen LogP contribution in [-0.4, -0.2) is 5.97 Å². The van der Waals surface area contributed by atoms with E-state index in [0.717, 1.165) is 11.1 Å². The van der Waals surface area contributed by atoms with Crippen LogP contribution < -0.4 is 0 Å². The van der Waals surface area contributed by atoms with Gasteiger partial charge >= 0.3 is 5.97 Å². The highest BCUT2D eigenvalue weighted by Crippen LogP contribution is 2.16. The minimum absolute atomic E-state index is 0.280. The normalized spacial score (nSPS) is 9.40. The molecule has 0 atom stereocenters. The molecule has 0 aromatic heterocycles. The lowest BCUT2D eigenvalue weighted by Crippen LogP contribution is -2.07. The summed E-state index contributed by atoms with van der Waals surface area (Å²) in [4.78, 5) is 11.9. The summed E-state index contributed by atoms with van der Waals surface area (Å²) < 4.78 is 5.25. The Morgan fingerprint density at radius 2 is 1.75 bits per heavy atom. The molecule has 2 rings (SSSR count). The van der Waals surface area contributed by atoms with E-state index in [-0.39, 0.29) is 12.6 Å². The van der Waals surface area contributed by atoms with Gasteiger partial charge in [-0.05, 0) is 36.2 Å². The summed E-state index contributed by atoms with van der Waals surface area (Å²) in [7, 11) is 0. The van der Waals surface area contributed by atoms with Gasteiger partial charge in [-0.1, -0.05) is 55.8 Å². The average Bonchev–Trinajstić information content (AvgIpc) is 2.48. The summed E-state index contributed by atoms with van der Waals surface area (Å²) in [5.74, 6) is -0.326. The van der Waals surface area contributed by atoms with Gasteiger partial charge in [0.2, 0.25) is 0 Å². The molecule has 0 saturated heterocycles. The molecular weight excluding hydrogens is 272 g/mol. The van der Waals surface area contributed by atoms with Crippen LogP contribution in [0.1, 0.15) is 35.3 Å². The van der Waals surface area contributed by atoms with Gasteiger partial charge in [-0.25, -0.2) is 4.79 Å². The van der Waals surface area contributed by atoms with Crippen LogP contribution in [-0.2, 0) is 11.3 Å². The molecule has 0 aliphatic carbocycles. The van der Waals surface area contributed by atoms with Crippen LogP contribution >= 0.6 is 11.6 Å². The molecule has 2 nitrogen and oxygen atoms in total. The molecule has 3 heteroatoms. The molecule has 0 N–H and O–H groups in total. The predicted octanol–water partition coefficient (Wildman–Crippen LogP) is 5.03. The van der Waals surface area contributed by atoms with Crippen LogP contribution in [0.25, 0.3) is 0 Å². The standard InChI is InChI=1S/C15H13ClO2.C2H6/c1-11-9-13(16)7-8-14(11)15(17)18-10-12-5-3-2-4-6-12;1-2/h2-9H,10H2,1H3;1-2H3. The molecule has 0 spiro atoms. The second-order valence-corrected chi connectivity index (χ2v) is 4.46. The van der Waals surface area contributed by atoms with E-state index < -0.39 is 0 Å². The van der Waals surface area contributed by atoms with Gasteiger partial charge in [0.25, 0.3) is 0 Å². The summed E-state index contributed by atoms with van der Waals surface area (Å²) in [6, 6.07) is 14.7. The Morgan fingerprint density at radius 3 is 2.35 bits per heavy atom. The third-order valence-corrected chi connectivity index (χ3v) is 2.86. The number of hydrogen-bond donors (Lipinski definition) is 0. The third kappa shape index (κ3) is 4.71. The van der Waals surface area contributed by atoms with Crippen molar-refractivity contribution in [3.8, 4) is 0 Å². The van der Waals surface area contributed by atoms with Crippen molar-refractivity contribution in [1.29, 1.82) is 0 Å². The zero-order valence-corrected chi connectivity index (χ0v) is 12.8. The third-order valence-electron chi connectivity index (χ3n) is 2.62. The van der Waals surface area contributed by atoms with Gasteiger partial charge in [0, 0.05) is 5.02 Å². The van der Waals surface area contributed by atoms with E-state index in [0.29, 0.717) is 10.6 Å². The topological polar surface area (TPSA) is 26.3 Å². The second kappa shape index (κ2) is 8.39. The summed E-state index contributed by atoms with van der Waals surface area (Å²) in [6.45, 7) is 6.12. The van der Waals surface area contributed by atoms with E-state index in [1.807, 2.05) is 51.1 Å². The van der Waals surface area contributed by atoms with Gasteiger partial charge in [0.05, 0.1) is 5.56 Å². The number of carbonyl (C=O) groups is 1. The van der Waals surface area contributed by atoms with Gasteiger partial charge < -0.3 is 4.74 Å². The second-order valence-electron chi connectivity index (χ2n) is 4.02. The van der Waals surface area contributed by atoms with E-state index in [2.05, 4.69) is 0 Å². The Balaban J connectivity index is 0.000000956. The highest BCUT2D eigenvalue weighted by Gasteiger charge is 2.10. The molecule has 0 aliphatic rings. The Hall–Kier alpha value is -1.80. The van der Waals surface area contributed by atoms with Crippen molar-refractivity contribution in [1.82, 2.24) is 0 Å². The van der Waals surface area contributed by atoms with E-state index >= 15 is 0 Å². The number of carbonyl (C=O) groups excluding carboxylic acids is 1.